The molecule has 0 aliphatic carbocycles. The summed E-state index contributed by atoms with van der Waals surface area (Å²) in [6, 6.07) is 13.0. The summed E-state index contributed by atoms with van der Waals surface area (Å²) in [6.07, 6.45) is 2.83. The van der Waals surface area contributed by atoms with Crippen LogP contribution in [0.5, 0.6) is 0 Å². The molecule has 0 saturated carbocycles. The Labute approximate surface area is 194 Å². The second-order valence-corrected chi connectivity index (χ2v) is 12.4. The molecule has 0 aromatic heterocycles. The number of benzene rings is 2. The molecule has 0 aliphatic rings. The van der Waals surface area contributed by atoms with Gasteiger partial charge in [0.05, 0.1) is 18.5 Å². The topological polar surface area (TPSA) is 66.5 Å². The van der Waals surface area contributed by atoms with Crippen molar-refractivity contribution in [3.8, 4) is 0 Å². The van der Waals surface area contributed by atoms with Crippen molar-refractivity contribution in [3.63, 3.8) is 0 Å². The Kier molecular flexibility index (Phi) is 7.82. The fourth-order valence-electron chi connectivity index (χ4n) is 4.40. The second-order valence-electron chi connectivity index (χ2n) is 10.5. The molecule has 0 fully saturated rings. The van der Waals surface area contributed by atoms with Gasteiger partial charge >= 0.3 is 0 Å². The van der Waals surface area contributed by atoms with Gasteiger partial charge in [-0.15, -0.1) is 0 Å². The zero-order chi connectivity index (χ0) is 24.3. The van der Waals surface area contributed by atoms with Crippen LogP contribution >= 0.6 is 0 Å². The molecule has 176 valence electrons. The van der Waals surface area contributed by atoms with Crippen LogP contribution < -0.4 is 9.62 Å². The van der Waals surface area contributed by atoms with Crippen molar-refractivity contribution < 1.29 is 13.2 Å². The highest BCUT2D eigenvalue weighted by Crippen LogP contribution is 2.30. The first kappa shape index (κ1) is 25.9. The molecule has 6 heteroatoms. The van der Waals surface area contributed by atoms with Crippen molar-refractivity contribution in [2.45, 2.75) is 73.4 Å². The summed E-state index contributed by atoms with van der Waals surface area (Å²) in [6.45, 7) is 14.7. The number of aryl methyl sites for hydroxylation is 2. The third-order valence-corrected chi connectivity index (χ3v) is 6.43. The lowest BCUT2D eigenvalue weighted by Gasteiger charge is -2.33. The number of para-hydroxylation sites is 1. The molecule has 2 rings (SSSR count). The molecular weight excluding hydrogens is 420 g/mol. The number of nitrogens with one attached hydrogen (secondary N) is 1. The van der Waals surface area contributed by atoms with Crippen molar-refractivity contribution >= 4 is 21.6 Å². The predicted molar refractivity (Wildman–Crippen MR) is 134 cm³/mol. The van der Waals surface area contributed by atoms with Gasteiger partial charge < -0.3 is 5.32 Å². The van der Waals surface area contributed by atoms with Crippen LogP contribution in [-0.2, 0) is 23.0 Å². The molecule has 0 unspecified atom stereocenters. The maximum Gasteiger partial charge on any atom is 0.251 e. The summed E-state index contributed by atoms with van der Waals surface area (Å²) in [5.74, 6) is -0.127. The fraction of sp³-hybridized carbons (Fsp3) is 0.500. The highest BCUT2D eigenvalue weighted by molar-refractivity contribution is 7.92. The summed E-state index contributed by atoms with van der Waals surface area (Å²) in [4.78, 5) is 12.8. The SMILES string of the molecule is CCc1cccc(C)c1N(Cc1ccc(C(=O)NC(C)(C)CC(C)(C)C)cc1)S(C)(=O)=O. The lowest BCUT2D eigenvalue weighted by atomic mass is 9.81. The normalized spacial score (nSPS) is 12.5. The number of nitrogens with zero attached hydrogens (tertiary/aromatic N) is 1. The summed E-state index contributed by atoms with van der Waals surface area (Å²) < 4.78 is 26.8. The van der Waals surface area contributed by atoms with Crippen LogP contribution in [0.4, 0.5) is 5.69 Å². The molecule has 1 amide bonds. The zero-order valence-corrected chi connectivity index (χ0v) is 21.6. The van der Waals surface area contributed by atoms with E-state index in [9.17, 15) is 13.2 Å². The molecule has 2 aromatic rings. The van der Waals surface area contributed by atoms with Gasteiger partial charge in [-0.25, -0.2) is 8.42 Å². The lowest BCUT2D eigenvalue weighted by molar-refractivity contribution is 0.0891. The Morgan fingerprint density at radius 3 is 2.09 bits per heavy atom. The monoisotopic (exact) mass is 458 g/mol. The smallest absolute Gasteiger partial charge is 0.251 e. The number of anilines is 1. The van der Waals surface area contributed by atoms with Gasteiger partial charge in [-0.1, -0.05) is 58.0 Å². The maximum absolute atomic E-state index is 12.8. The Bertz CT molecular complexity index is 1050. The number of carbonyl (C=O) groups excluding carboxylic acids is 1. The van der Waals surface area contributed by atoms with Gasteiger partial charge in [0.1, 0.15) is 0 Å². The highest BCUT2D eigenvalue weighted by atomic mass is 32.2. The van der Waals surface area contributed by atoms with Crippen molar-refractivity contribution in [2.24, 2.45) is 5.41 Å². The number of rotatable bonds is 8. The molecule has 0 atom stereocenters. The minimum Gasteiger partial charge on any atom is -0.347 e. The molecule has 1 N–H and O–H groups in total. The van der Waals surface area contributed by atoms with Crippen LogP contribution in [0.2, 0.25) is 0 Å². The van der Waals surface area contributed by atoms with E-state index in [-0.39, 0.29) is 23.4 Å². The Balaban J connectivity index is 2.26. The average Bonchev–Trinajstić information content (AvgIpc) is 2.63. The van der Waals surface area contributed by atoms with Crippen molar-refractivity contribution in [1.82, 2.24) is 5.32 Å². The van der Waals surface area contributed by atoms with Gasteiger partial charge in [0, 0.05) is 11.1 Å². The molecule has 0 saturated heterocycles. The van der Waals surface area contributed by atoms with E-state index < -0.39 is 10.0 Å². The van der Waals surface area contributed by atoms with Gasteiger partial charge in [-0.2, -0.15) is 0 Å². The van der Waals surface area contributed by atoms with Crippen LogP contribution in [0, 0.1) is 12.3 Å². The molecule has 0 aliphatic heterocycles. The van der Waals surface area contributed by atoms with Gasteiger partial charge in [0.25, 0.3) is 5.91 Å². The van der Waals surface area contributed by atoms with Crippen molar-refractivity contribution in [2.75, 3.05) is 10.6 Å². The second kappa shape index (κ2) is 9.65. The Morgan fingerprint density at radius 1 is 1.00 bits per heavy atom. The quantitative estimate of drug-likeness (QED) is 0.570. The van der Waals surface area contributed by atoms with Gasteiger partial charge in [-0.3, -0.25) is 9.10 Å². The van der Waals surface area contributed by atoms with E-state index in [4.69, 9.17) is 0 Å². The van der Waals surface area contributed by atoms with E-state index in [2.05, 4.69) is 26.1 Å². The Morgan fingerprint density at radius 2 is 1.59 bits per heavy atom. The van der Waals surface area contributed by atoms with Gasteiger partial charge in [0.2, 0.25) is 10.0 Å². The number of hydrogen-bond acceptors (Lipinski definition) is 3. The highest BCUT2D eigenvalue weighted by Gasteiger charge is 2.27. The average molecular weight is 459 g/mol. The van der Waals surface area contributed by atoms with E-state index in [1.165, 1.54) is 10.6 Å². The third-order valence-electron chi connectivity index (χ3n) is 5.32. The fourth-order valence-corrected chi connectivity index (χ4v) is 5.38. The Hall–Kier alpha value is -2.34. The van der Waals surface area contributed by atoms with Crippen LogP contribution in [0.25, 0.3) is 0 Å². The van der Waals surface area contributed by atoms with Crippen LogP contribution in [0.1, 0.15) is 75.0 Å². The number of sulfonamides is 1. The molecule has 0 radical (unpaired) electrons. The van der Waals surface area contributed by atoms with Gasteiger partial charge in [0.15, 0.2) is 0 Å². The maximum atomic E-state index is 12.8. The van der Waals surface area contributed by atoms with E-state index in [0.717, 1.165) is 35.2 Å². The van der Waals surface area contributed by atoms with E-state index in [1.54, 1.807) is 12.1 Å². The predicted octanol–water partition coefficient (Wildman–Crippen LogP) is 5.47. The minimum atomic E-state index is -3.49. The molecule has 32 heavy (non-hydrogen) atoms. The molecule has 0 bridgehead atoms. The molecule has 5 nitrogen and oxygen atoms in total. The van der Waals surface area contributed by atoms with E-state index >= 15 is 0 Å². The van der Waals surface area contributed by atoms with Crippen LogP contribution in [0.3, 0.4) is 0 Å². The van der Waals surface area contributed by atoms with Crippen molar-refractivity contribution in [1.29, 1.82) is 0 Å². The number of hydrogen-bond donors (Lipinski definition) is 1. The first-order valence-electron chi connectivity index (χ1n) is 11.1. The lowest BCUT2D eigenvalue weighted by Crippen LogP contribution is -2.45. The standard InChI is InChI=1S/C26H38N2O3S/c1-9-21-12-10-11-19(2)23(21)28(32(8,30)31)17-20-13-15-22(16-14-20)24(29)27-26(6,7)18-25(3,4)5/h10-16H,9,17-18H2,1-8H3,(H,27,29). The van der Waals surface area contributed by atoms with E-state index in [0.29, 0.717) is 5.56 Å². The molecular formula is C26H38N2O3S. The first-order valence-corrected chi connectivity index (χ1v) is 13.0. The molecule has 2 aromatic carbocycles. The summed E-state index contributed by atoms with van der Waals surface area (Å²) >= 11 is 0. The minimum absolute atomic E-state index is 0.0999. The summed E-state index contributed by atoms with van der Waals surface area (Å²) in [5.41, 5.74) is 3.81. The summed E-state index contributed by atoms with van der Waals surface area (Å²) in [7, 11) is -3.49. The number of carbonyl (C=O) groups is 1. The zero-order valence-electron chi connectivity index (χ0n) is 20.7. The van der Waals surface area contributed by atoms with E-state index in [1.807, 2.05) is 58.0 Å². The van der Waals surface area contributed by atoms with Gasteiger partial charge in [-0.05, 0) is 67.9 Å². The van der Waals surface area contributed by atoms with Crippen LogP contribution in [0.15, 0.2) is 42.5 Å². The molecule has 0 spiro atoms. The molecule has 0 heterocycles. The third kappa shape index (κ3) is 7.09. The largest absolute Gasteiger partial charge is 0.347 e. The first-order chi connectivity index (χ1) is 14.6. The van der Waals surface area contributed by atoms with Crippen LogP contribution in [-0.4, -0.2) is 26.1 Å². The number of amides is 1. The summed E-state index contributed by atoms with van der Waals surface area (Å²) in [5, 5.41) is 3.12. The van der Waals surface area contributed by atoms with Crippen molar-refractivity contribution in [3.05, 3.63) is 64.7 Å².